The highest BCUT2D eigenvalue weighted by Crippen LogP contribution is 2.23. The van der Waals surface area contributed by atoms with Gasteiger partial charge < -0.3 is 10.5 Å². The topological polar surface area (TPSA) is 91.7 Å². The number of ether oxygens (including phenoxy) is 1. The Bertz CT molecular complexity index is 1040. The highest BCUT2D eigenvalue weighted by atomic mass is 32.1. The minimum atomic E-state index is 0.403. The monoisotopic (exact) mass is 352 g/mol. The molecule has 0 radical (unpaired) electrons. The summed E-state index contributed by atoms with van der Waals surface area (Å²) in [6, 6.07) is 7.96. The highest BCUT2D eigenvalue weighted by Gasteiger charge is 2.12. The van der Waals surface area contributed by atoms with Crippen LogP contribution in [-0.2, 0) is 6.54 Å². The smallest absolute Gasteiger partial charge is 0.187 e. The fourth-order valence-corrected chi connectivity index (χ4v) is 3.15. The summed E-state index contributed by atoms with van der Waals surface area (Å²) >= 11 is 1.35. The average Bonchev–Trinajstić information content (AvgIpc) is 3.26. The van der Waals surface area contributed by atoms with Crippen LogP contribution in [0.2, 0.25) is 0 Å². The van der Waals surface area contributed by atoms with Gasteiger partial charge in [-0.2, -0.15) is 9.47 Å². The van der Waals surface area contributed by atoms with Crippen LogP contribution in [0.3, 0.4) is 0 Å². The second kappa shape index (κ2) is 6.14. The van der Waals surface area contributed by atoms with Crippen molar-refractivity contribution in [2.75, 3.05) is 12.8 Å². The molecule has 0 saturated carbocycles. The third kappa shape index (κ3) is 2.91. The Hall–Kier alpha value is -3.00. The van der Waals surface area contributed by atoms with Crippen molar-refractivity contribution in [3.8, 4) is 17.3 Å². The van der Waals surface area contributed by atoms with Gasteiger partial charge in [-0.15, -0.1) is 0 Å². The summed E-state index contributed by atoms with van der Waals surface area (Å²) in [5, 5.41) is 7.15. The van der Waals surface area contributed by atoms with Crippen LogP contribution in [0.4, 0.5) is 5.82 Å². The fraction of sp³-hybridized carbons (Fsp3) is 0.176. The van der Waals surface area contributed by atoms with E-state index in [1.165, 1.54) is 11.5 Å². The molecule has 0 aliphatic carbocycles. The lowest BCUT2D eigenvalue weighted by Gasteiger charge is -2.07. The zero-order chi connectivity index (χ0) is 17.4. The molecule has 0 saturated heterocycles. The van der Waals surface area contributed by atoms with Crippen molar-refractivity contribution in [2.45, 2.75) is 13.5 Å². The van der Waals surface area contributed by atoms with Gasteiger partial charge in [-0.1, -0.05) is 12.1 Å². The van der Waals surface area contributed by atoms with Crippen molar-refractivity contribution in [3.05, 3.63) is 47.0 Å². The Labute approximate surface area is 148 Å². The summed E-state index contributed by atoms with van der Waals surface area (Å²) in [4.78, 5) is 8.83. The molecule has 4 aromatic rings. The number of nitrogen functional groups attached to an aromatic ring is 1. The molecule has 1 aromatic carbocycles. The molecule has 126 valence electrons. The first-order valence-corrected chi connectivity index (χ1v) is 8.52. The molecule has 0 atom stereocenters. The van der Waals surface area contributed by atoms with E-state index in [1.54, 1.807) is 7.11 Å². The van der Waals surface area contributed by atoms with Crippen LogP contribution in [0.15, 0.2) is 35.8 Å². The third-order valence-electron chi connectivity index (χ3n) is 3.94. The molecular weight excluding hydrogens is 336 g/mol. The molecule has 0 bridgehead atoms. The minimum absolute atomic E-state index is 0.403. The number of hydrogen-bond acceptors (Lipinski definition) is 7. The van der Waals surface area contributed by atoms with Crippen molar-refractivity contribution in [2.24, 2.45) is 0 Å². The van der Waals surface area contributed by atoms with Crippen LogP contribution >= 0.6 is 11.5 Å². The Morgan fingerprint density at radius 2 is 2.12 bits per heavy atom. The molecule has 25 heavy (non-hydrogen) atoms. The van der Waals surface area contributed by atoms with Gasteiger partial charge in [0.2, 0.25) is 0 Å². The summed E-state index contributed by atoms with van der Waals surface area (Å²) in [5.41, 5.74) is 9.54. The Morgan fingerprint density at radius 1 is 1.24 bits per heavy atom. The van der Waals surface area contributed by atoms with Crippen molar-refractivity contribution in [3.63, 3.8) is 0 Å². The predicted molar refractivity (Wildman–Crippen MR) is 97.7 cm³/mol. The molecular formula is C17H16N6OS. The quantitative estimate of drug-likeness (QED) is 0.607. The lowest BCUT2D eigenvalue weighted by molar-refractivity contribution is 0.411. The zero-order valence-corrected chi connectivity index (χ0v) is 14.6. The number of nitrogens with two attached hydrogens (primary N) is 1. The third-order valence-corrected chi connectivity index (χ3v) is 4.50. The number of rotatable bonds is 4. The molecule has 7 nitrogen and oxygen atoms in total. The van der Waals surface area contributed by atoms with E-state index in [9.17, 15) is 0 Å². The van der Waals surface area contributed by atoms with Crippen molar-refractivity contribution in [1.29, 1.82) is 0 Å². The number of hydrogen-bond donors (Lipinski definition) is 1. The summed E-state index contributed by atoms with van der Waals surface area (Å²) in [6.45, 7) is 2.61. The second-order valence-electron chi connectivity index (χ2n) is 5.69. The maximum absolute atomic E-state index is 6.09. The molecule has 4 rings (SSSR count). The van der Waals surface area contributed by atoms with E-state index in [4.69, 9.17) is 10.5 Å². The zero-order valence-electron chi connectivity index (χ0n) is 13.8. The number of aryl methyl sites for hydroxylation is 1. The van der Waals surface area contributed by atoms with Gasteiger partial charge in [0.1, 0.15) is 17.3 Å². The molecule has 0 aliphatic rings. The number of methoxy groups -OCH3 is 1. The van der Waals surface area contributed by atoms with E-state index in [0.29, 0.717) is 29.5 Å². The van der Waals surface area contributed by atoms with Gasteiger partial charge in [-0.3, -0.25) is 4.68 Å². The lowest BCUT2D eigenvalue weighted by atomic mass is 10.1. The molecule has 0 aliphatic heterocycles. The van der Waals surface area contributed by atoms with E-state index in [0.717, 1.165) is 22.3 Å². The number of aromatic nitrogens is 5. The van der Waals surface area contributed by atoms with Crippen molar-refractivity contribution in [1.82, 2.24) is 24.1 Å². The Balaban J connectivity index is 1.70. The first-order valence-electron chi connectivity index (χ1n) is 7.69. The minimum Gasteiger partial charge on any atom is -0.496 e. The van der Waals surface area contributed by atoms with E-state index >= 15 is 0 Å². The first kappa shape index (κ1) is 15.5. The van der Waals surface area contributed by atoms with Crippen LogP contribution in [0, 0.1) is 6.92 Å². The number of fused-ring (bicyclic) bond motifs is 1. The molecule has 0 spiro atoms. The largest absolute Gasteiger partial charge is 0.496 e. The number of benzene rings is 1. The van der Waals surface area contributed by atoms with Gasteiger partial charge in [-0.25, -0.2) is 9.97 Å². The van der Waals surface area contributed by atoms with Crippen LogP contribution < -0.4 is 10.5 Å². The molecule has 0 amide bonds. The highest BCUT2D eigenvalue weighted by molar-refractivity contribution is 7.03. The van der Waals surface area contributed by atoms with Gasteiger partial charge in [0.05, 0.1) is 19.0 Å². The van der Waals surface area contributed by atoms with Crippen molar-refractivity contribution >= 4 is 28.4 Å². The summed E-state index contributed by atoms with van der Waals surface area (Å²) in [5.74, 6) is 1.76. The lowest BCUT2D eigenvalue weighted by Crippen LogP contribution is -2.01. The fourth-order valence-electron chi connectivity index (χ4n) is 2.65. The first-order chi connectivity index (χ1) is 12.1. The van der Waals surface area contributed by atoms with Crippen LogP contribution in [0.1, 0.15) is 11.1 Å². The van der Waals surface area contributed by atoms with Crippen LogP contribution in [0.25, 0.3) is 22.6 Å². The molecule has 0 fully saturated rings. The van der Waals surface area contributed by atoms with Gasteiger partial charge in [0.25, 0.3) is 0 Å². The van der Waals surface area contributed by atoms with Crippen LogP contribution in [0.5, 0.6) is 5.75 Å². The van der Waals surface area contributed by atoms with Gasteiger partial charge in [0.15, 0.2) is 11.5 Å². The summed E-state index contributed by atoms with van der Waals surface area (Å²) < 4.78 is 11.4. The van der Waals surface area contributed by atoms with E-state index in [2.05, 4.69) is 25.5 Å². The molecule has 2 N–H and O–H groups in total. The molecule has 3 aromatic heterocycles. The van der Waals surface area contributed by atoms with Gasteiger partial charge in [0, 0.05) is 11.6 Å². The van der Waals surface area contributed by atoms with E-state index < -0.39 is 0 Å². The average molecular weight is 352 g/mol. The number of nitrogens with zero attached hydrogens (tertiary/aromatic N) is 5. The summed E-state index contributed by atoms with van der Waals surface area (Å²) in [6.07, 6.45) is 1.86. The maximum atomic E-state index is 6.09. The molecule has 0 unspecified atom stereocenters. The summed E-state index contributed by atoms with van der Waals surface area (Å²) in [7, 11) is 1.67. The van der Waals surface area contributed by atoms with E-state index in [-0.39, 0.29) is 0 Å². The van der Waals surface area contributed by atoms with Gasteiger partial charge in [-0.05, 0) is 41.7 Å². The molecule has 8 heteroatoms. The standard InChI is InChI=1S/C17H16N6OS/c1-10-3-4-11(7-14(10)24-2)8-23-9-12-15(18)19-17(20-16(12)21-23)13-5-6-25-22-13/h3-7,9H,8H2,1-2H3,(H2,18,19,20,21). The van der Waals surface area contributed by atoms with Gasteiger partial charge >= 0.3 is 0 Å². The Morgan fingerprint density at radius 3 is 2.88 bits per heavy atom. The maximum Gasteiger partial charge on any atom is 0.187 e. The SMILES string of the molecule is COc1cc(Cn2cc3c(N)nc(-c4ccsn4)nc3n2)ccc1C. The van der Waals surface area contributed by atoms with Crippen molar-refractivity contribution < 1.29 is 4.74 Å². The predicted octanol–water partition coefficient (Wildman–Crippen LogP) is 2.90. The Kier molecular flexibility index (Phi) is 3.81. The van der Waals surface area contributed by atoms with Crippen LogP contribution in [-0.4, -0.2) is 31.2 Å². The molecule has 3 heterocycles. The number of anilines is 1. The normalized spacial score (nSPS) is 11.1. The second-order valence-corrected chi connectivity index (χ2v) is 6.35. The van der Waals surface area contributed by atoms with E-state index in [1.807, 2.05) is 41.4 Å².